The zero-order valence-corrected chi connectivity index (χ0v) is 17.2. The molecule has 0 bridgehead atoms. The maximum atomic E-state index is 4.95. The van der Waals surface area contributed by atoms with Gasteiger partial charge in [0.15, 0.2) is 0 Å². The largest absolute Gasteiger partial charge is 0.291 e. The quantitative estimate of drug-likeness (QED) is 0.340. The second kappa shape index (κ2) is 6.59. The number of benzene rings is 4. The first kappa shape index (κ1) is 17.4. The van der Waals surface area contributed by atoms with E-state index < -0.39 is 0 Å². The van der Waals surface area contributed by atoms with Crippen molar-refractivity contribution < 1.29 is 0 Å². The van der Waals surface area contributed by atoms with Gasteiger partial charge >= 0.3 is 0 Å². The van der Waals surface area contributed by atoms with Gasteiger partial charge in [0.1, 0.15) is 5.82 Å². The molecule has 0 spiro atoms. The van der Waals surface area contributed by atoms with Crippen molar-refractivity contribution in [1.82, 2.24) is 19.7 Å². The number of imidazole rings is 1. The van der Waals surface area contributed by atoms with Crippen LogP contribution >= 0.6 is 0 Å². The Morgan fingerprint density at radius 1 is 0.656 bits per heavy atom. The van der Waals surface area contributed by atoms with E-state index in [9.17, 15) is 0 Å². The molecule has 4 nitrogen and oxygen atoms in total. The van der Waals surface area contributed by atoms with E-state index in [1.165, 1.54) is 33.0 Å². The van der Waals surface area contributed by atoms with Crippen LogP contribution in [0.2, 0.25) is 0 Å². The van der Waals surface area contributed by atoms with E-state index >= 15 is 0 Å². The smallest absolute Gasteiger partial charge is 0.200 e. The summed E-state index contributed by atoms with van der Waals surface area (Å²) in [6, 6.07) is 32.0. The highest BCUT2D eigenvalue weighted by Gasteiger charge is 2.26. The SMILES string of the molecule is c1ccc(-n2c(-c3cccc4c3Cc3c-4ccc4ccccc34)nc3nnccc32)cc1. The number of fused-ring (bicyclic) bond motifs is 6. The van der Waals surface area contributed by atoms with Crippen molar-refractivity contribution in [1.29, 1.82) is 0 Å². The zero-order chi connectivity index (χ0) is 21.1. The minimum atomic E-state index is 0.657. The number of para-hydroxylation sites is 1. The number of rotatable bonds is 2. The van der Waals surface area contributed by atoms with E-state index in [0.717, 1.165) is 29.0 Å². The number of nitrogens with zero attached hydrogens (tertiary/aromatic N) is 4. The average Bonchev–Trinajstić information content (AvgIpc) is 3.43. The second-order valence-electron chi connectivity index (χ2n) is 8.17. The van der Waals surface area contributed by atoms with Crippen LogP contribution in [0.5, 0.6) is 0 Å². The Labute approximate surface area is 184 Å². The summed E-state index contributed by atoms with van der Waals surface area (Å²) in [6.07, 6.45) is 2.62. The summed E-state index contributed by atoms with van der Waals surface area (Å²) in [5.41, 5.74) is 9.15. The molecule has 4 heteroatoms. The van der Waals surface area contributed by atoms with Gasteiger partial charge in [0.2, 0.25) is 5.65 Å². The lowest BCUT2D eigenvalue weighted by molar-refractivity contribution is 1.06. The van der Waals surface area contributed by atoms with Crippen LogP contribution in [-0.2, 0) is 6.42 Å². The lowest BCUT2D eigenvalue weighted by Gasteiger charge is -2.12. The molecule has 150 valence electrons. The van der Waals surface area contributed by atoms with Gasteiger partial charge in [-0.1, -0.05) is 72.8 Å². The number of hydrogen-bond donors (Lipinski definition) is 0. The summed E-state index contributed by atoms with van der Waals surface area (Å²) in [5, 5.41) is 11.0. The molecule has 0 amide bonds. The molecular weight excluding hydrogens is 392 g/mol. The van der Waals surface area contributed by atoms with E-state index in [2.05, 4.69) is 93.6 Å². The molecule has 2 aromatic heterocycles. The van der Waals surface area contributed by atoms with E-state index in [1.807, 2.05) is 12.1 Å². The Balaban J connectivity index is 1.51. The second-order valence-corrected chi connectivity index (χ2v) is 8.17. The first-order valence-corrected chi connectivity index (χ1v) is 10.8. The molecule has 0 saturated carbocycles. The number of aromatic nitrogens is 4. The summed E-state index contributed by atoms with van der Waals surface area (Å²) in [7, 11) is 0. The van der Waals surface area contributed by atoms with Crippen molar-refractivity contribution in [3.63, 3.8) is 0 Å². The first-order valence-electron chi connectivity index (χ1n) is 10.8. The first-order chi connectivity index (χ1) is 15.9. The van der Waals surface area contributed by atoms with Crippen molar-refractivity contribution in [2.75, 3.05) is 0 Å². The fourth-order valence-corrected chi connectivity index (χ4v) is 5.05. The van der Waals surface area contributed by atoms with Crippen LogP contribution in [0.25, 0.3) is 50.1 Å². The van der Waals surface area contributed by atoms with Crippen molar-refractivity contribution in [2.24, 2.45) is 0 Å². The Kier molecular flexibility index (Phi) is 3.58. The highest BCUT2D eigenvalue weighted by atomic mass is 15.2. The lowest BCUT2D eigenvalue weighted by Crippen LogP contribution is -1.99. The van der Waals surface area contributed by atoms with Crippen LogP contribution in [0.3, 0.4) is 0 Å². The highest BCUT2D eigenvalue weighted by molar-refractivity contribution is 5.97. The number of hydrogen-bond acceptors (Lipinski definition) is 3. The molecule has 0 unspecified atom stereocenters. The standard InChI is InChI=1S/C28H18N4/c1-2-8-19(9-3-1)32-26-15-16-29-31-27(26)30-28(32)23-12-6-11-21-22-14-13-18-7-4-5-10-20(18)24(22)17-25(21)23/h1-16H,17H2. The van der Waals surface area contributed by atoms with Crippen LogP contribution < -0.4 is 0 Å². The van der Waals surface area contributed by atoms with Crippen LogP contribution in [-0.4, -0.2) is 19.7 Å². The summed E-state index contributed by atoms with van der Waals surface area (Å²) in [4.78, 5) is 4.95. The maximum Gasteiger partial charge on any atom is 0.200 e. The predicted octanol–water partition coefficient (Wildman–Crippen LogP) is 6.21. The normalized spacial score (nSPS) is 12.2. The molecule has 0 radical (unpaired) electrons. The van der Waals surface area contributed by atoms with Gasteiger partial charge in [-0.05, 0) is 51.2 Å². The molecule has 7 rings (SSSR count). The summed E-state index contributed by atoms with van der Waals surface area (Å²) < 4.78 is 2.20. The average molecular weight is 410 g/mol. The van der Waals surface area contributed by atoms with Gasteiger partial charge in [0.05, 0.1) is 11.7 Å². The van der Waals surface area contributed by atoms with Crippen molar-refractivity contribution in [3.05, 3.63) is 108 Å². The molecule has 1 aliphatic carbocycles. The molecule has 0 saturated heterocycles. The van der Waals surface area contributed by atoms with Crippen molar-refractivity contribution >= 4 is 21.9 Å². The third kappa shape index (κ3) is 2.41. The Hall–Kier alpha value is -4.31. The highest BCUT2D eigenvalue weighted by Crippen LogP contribution is 2.44. The van der Waals surface area contributed by atoms with Gasteiger partial charge in [-0.25, -0.2) is 4.98 Å². The fraction of sp³-hybridized carbons (Fsp3) is 0.0357. The Morgan fingerprint density at radius 3 is 2.41 bits per heavy atom. The van der Waals surface area contributed by atoms with Gasteiger partial charge in [0.25, 0.3) is 0 Å². The monoisotopic (exact) mass is 410 g/mol. The lowest BCUT2D eigenvalue weighted by atomic mass is 9.99. The minimum Gasteiger partial charge on any atom is -0.291 e. The molecule has 1 aliphatic rings. The van der Waals surface area contributed by atoms with E-state index in [1.54, 1.807) is 6.20 Å². The summed E-state index contributed by atoms with van der Waals surface area (Å²) >= 11 is 0. The third-order valence-corrected chi connectivity index (χ3v) is 6.46. The molecular formula is C28H18N4. The van der Waals surface area contributed by atoms with Gasteiger partial charge in [0, 0.05) is 17.7 Å². The molecule has 0 atom stereocenters. The third-order valence-electron chi connectivity index (χ3n) is 6.46. The summed E-state index contributed by atoms with van der Waals surface area (Å²) in [5.74, 6) is 0.903. The van der Waals surface area contributed by atoms with E-state index in [4.69, 9.17) is 4.98 Å². The maximum absolute atomic E-state index is 4.95. The Morgan fingerprint density at radius 2 is 1.47 bits per heavy atom. The van der Waals surface area contributed by atoms with Crippen LogP contribution in [0, 0.1) is 0 Å². The van der Waals surface area contributed by atoms with Crippen LogP contribution in [0.1, 0.15) is 11.1 Å². The molecule has 32 heavy (non-hydrogen) atoms. The zero-order valence-electron chi connectivity index (χ0n) is 17.2. The van der Waals surface area contributed by atoms with E-state index in [-0.39, 0.29) is 0 Å². The molecule has 0 fully saturated rings. The fourth-order valence-electron chi connectivity index (χ4n) is 5.05. The Bertz CT molecular complexity index is 1650. The predicted molar refractivity (Wildman–Crippen MR) is 128 cm³/mol. The molecule has 6 aromatic rings. The van der Waals surface area contributed by atoms with Gasteiger partial charge < -0.3 is 0 Å². The van der Waals surface area contributed by atoms with E-state index in [0.29, 0.717) is 5.65 Å². The van der Waals surface area contributed by atoms with Crippen LogP contribution in [0.4, 0.5) is 0 Å². The van der Waals surface area contributed by atoms with Crippen molar-refractivity contribution in [3.8, 4) is 28.2 Å². The van der Waals surface area contributed by atoms with Crippen molar-refractivity contribution in [2.45, 2.75) is 6.42 Å². The van der Waals surface area contributed by atoms with Gasteiger partial charge in [-0.15, -0.1) is 5.10 Å². The molecule has 0 aliphatic heterocycles. The molecule has 0 N–H and O–H groups in total. The molecule has 2 heterocycles. The minimum absolute atomic E-state index is 0.657. The van der Waals surface area contributed by atoms with Crippen LogP contribution in [0.15, 0.2) is 97.2 Å². The van der Waals surface area contributed by atoms with Gasteiger partial charge in [-0.3, -0.25) is 4.57 Å². The summed E-state index contributed by atoms with van der Waals surface area (Å²) in [6.45, 7) is 0. The molecule has 4 aromatic carbocycles. The topological polar surface area (TPSA) is 43.6 Å². The van der Waals surface area contributed by atoms with Gasteiger partial charge in [-0.2, -0.15) is 5.10 Å².